The van der Waals surface area contributed by atoms with E-state index in [1.54, 1.807) is 0 Å². The highest BCUT2D eigenvalue weighted by Gasteiger charge is 2.22. The van der Waals surface area contributed by atoms with Crippen LogP contribution in [-0.4, -0.2) is 17.6 Å². The van der Waals surface area contributed by atoms with Crippen LogP contribution in [0.2, 0.25) is 0 Å². The molecule has 3 aromatic carbocycles. The minimum Gasteiger partial charge on any atom is -0.487 e. The smallest absolute Gasteiger partial charge is 0.303 e. The summed E-state index contributed by atoms with van der Waals surface area (Å²) >= 11 is 0. The van der Waals surface area contributed by atoms with Gasteiger partial charge in [-0.2, -0.15) is 0 Å². The molecule has 0 radical (unpaired) electrons. The lowest BCUT2D eigenvalue weighted by Gasteiger charge is -2.33. The van der Waals surface area contributed by atoms with Crippen molar-refractivity contribution in [3.05, 3.63) is 100 Å². The van der Waals surface area contributed by atoms with Crippen LogP contribution in [0.4, 0.5) is 11.4 Å². The van der Waals surface area contributed by atoms with Crippen molar-refractivity contribution in [3.8, 4) is 5.75 Å². The van der Waals surface area contributed by atoms with Gasteiger partial charge in [0.1, 0.15) is 12.4 Å². The number of carboxylic acids is 1. The summed E-state index contributed by atoms with van der Waals surface area (Å²) in [4.78, 5) is 16.8. The van der Waals surface area contributed by atoms with Gasteiger partial charge in [-0.1, -0.05) is 60.7 Å². The Morgan fingerprint density at radius 1 is 1.03 bits per heavy atom. The number of benzene rings is 3. The van der Waals surface area contributed by atoms with Gasteiger partial charge in [-0.25, -0.2) is 4.85 Å². The van der Waals surface area contributed by atoms with E-state index in [1.807, 2.05) is 60.7 Å². The number of anilines is 1. The number of rotatable bonds is 8. The number of fused-ring (bicyclic) bond motifs is 1. The Kier molecular flexibility index (Phi) is 6.72. The number of carbonyl (C=O) groups is 1. The van der Waals surface area contributed by atoms with E-state index in [1.165, 1.54) is 5.56 Å². The summed E-state index contributed by atoms with van der Waals surface area (Å²) in [6, 6.07) is 21.9. The second kappa shape index (κ2) is 10.0. The van der Waals surface area contributed by atoms with Crippen LogP contribution in [0, 0.1) is 6.57 Å². The molecule has 0 spiro atoms. The molecule has 0 aliphatic carbocycles. The summed E-state index contributed by atoms with van der Waals surface area (Å²) in [5.41, 5.74) is 6.18. The van der Waals surface area contributed by atoms with Crippen molar-refractivity contribution in [2.75, 3.05) is 11.4 Å². The highest BCUT2D eigenvalue weighted by atomic mass is 16.5. The van der Waals surface area contributed by atoms with Gasteiger partial charge in [-0.05, 0) is 47.6 Å². The summed E-state index contributed by atoms with van der Waals surface area (Å²) in [5.74, 6) is 0.0762. The fraction of sp³-hybridized carbons (Fsp3) is 0.259. The van der Waals surface area contributed by atoms with E-state index in [4.69, 9.17) is 16.4 Å². The lowest BCUT2D eigenvalue weighted by Crippen LogP contribution is -2.29. The van der Waals surface area contributed by atoms with Gasteiger partial charge >= 0.3 is 5.97 Å². The van der Waals surface area contributed by atoms with E-state index in [2.05, 4.69) is 15.8 Å². The van der Waals surface area contributed by atoms with Gasteiger partial charge in [0.05, 0.1) is 12.3 Å². The number of aryl methyl sites for hydroxylation is 2. The lowest BCUT2D eigenvalue weighted by atomic mass is 10.00. The van der Waals surface area contributed by atoms with Crippen LogP contribution in [0.25, 0.3) is 4.85 Å². The average molecular weight is 427 g/mol. The molecule has 4 rings (SSSR count). The Bertz CT molecular complexity index is 1130. The maximum absolute atomic E-state index is 10.8. The number of para-hydroxylation sites is 2. The van der Waals surface area contributed by atoms with Gasteiger partial charge in [0, 0.05) is 19.5 Å². The standard InChI is InChI=1S/C27H26N2O3/c1-28-24-9-3-2-6-23(24)18-29-17-5-8-22-7-4-10-25(27(22)29)32-19-21-13-11-20(12-14-21)15-16-26(30)31/h2-4,6-7,9-14H,5,8,15-19H2,(H,30,31). The third-order valence-electron chi connectivity index (χ3n) is 5.79. The Morgan fingerprint density at radius 3 is 2.59 bits per heavy atom. The highest BCUT2D eigenvalue weighted by Crippen LogP contribution is 2.38. The first kappa shape index (κ1) is 21.5. The average Bonchev–Trinajstić information content (AvgIpc) is 2.82. The highest BCUT2D eigenvalue weighted by molar-refractivity contribution is 5.67. The Labute approximate surface area is 188 Å². The quantitative estimate of drug-likeness (QED) is 0.464. The molecule has 0 aromatic heterocycles. The van der Waals surface area contributed by atoms with Crippen molar-refractivity contribution in [2.45, 2.75) is 38.8 Å². The second-order valence-electron chi connectivity index (χ2n) is 8.03. The molecule has 1 heterocycles. The lowest BCUT2D eigenvalue weighted by molar-refractivity contribution is -0.136. The number of hydrogen-bond acceptors (Lipinski definition) is 3. The summed E-state index contributed by atoms with van der Waals surface area (Å²) in [6.07, 6.45) is 2.77. The van der Waals surface area contributed by atoms with E-state index >= 15 is 0 Å². The number of hydrogen-bond donors (Lipinski definition) is 1. The van der Waals surface area contributed by atoms with Crippen molar-refractivity contribution < 1.29 is 14.6 Å². The van der Waals surface area contributed by atoms with Gasteiger partial charge in [0.25, 0.3) is 0 Å². The fourth-order valence-corrected chi connectivity index (χ4v) is 4.15. The molecule has 1 N–H and O–H groups in total. The van der Waals surface area contributed by atoms with Crippen LogP contribution < -0.4 is 9.64 Å². The third-order valence-corrected chi connectivity index (χ3v) is 5.79. The summed E-state index contributed by atoms with van der Waals surface area (Å²) < 4.78 is 6.26. The zero-order valence-corrected chi connectivity index (χ0v) is 18.0. The van der Waals surface area contributed by atoms with Crippen LogP contribution in [0.1, 0.15) is 35.1 Å². The number of carboxylic acid groups (broad SMARTS) is 1. The third kappa shape index (κ3) is 5.09. The van der Waals surface area contributed by atoms with Crippen molar-refractivity contribution in [3.63, 3.8) is 0 Å². The molecule has 0 unspecified atom stereocenters. The minimum atomic E-state index is -0.783. The molecule has 0 bridgehead atoms. The predicted octanol–water partition coefficient (Wildman–Crippen LogP) is 5.79. The van der Waals surface area contributed by atoms with Crippen LogP contribution in [0.5, 0.6) is 5.75 Å². The van der Waals surface area contributed by atoms with Crippen LogP contribution in [0.15, 0.2) is 66.7 Å². The Hall–Kier alpha value is -3.78. The van der Waals surface area contributed by atoms with E-state index in [-0.39, 0.29) is 6.42 Å². The molecule has 5 heteroatoms. The predicted molar refractivity (Wildman–Crippen MR) is 125 cm³/mol. The molecule has 0 amide bonds. The van der Waals surface area contributed by atoms with E-state index < -0.39 is 5.97 Å². The van der Waals surface area contributed by atoms with Crippen LogP contribution >= 0.6 is 0 Å². The van der Waals surface area contributed by atoms with E-state index in [0.29, 0.717) is 25.3 Å². The van der Waals surface area contributed by atoms with E-state index in [0.717, 1.165) is 47.5 Å². The van der Waals surface area contributed by atoms with Crippen molar-refractivity contribution >= 4 is 17.3 Å². The van der Waals surface area contributed by atoms with Crippen molar-refractivity contribution in [1.82, 2.24) is 0 Å². The van der Waals surface area contributed by atoms with Gasteiger partial charge in [-0.15, -0.1) is 0 Å². The molecule has 0 atom stereocenters. The minimum absolute atomic E-state index is 0.137. The SMILES string of the molecule is [C-]#[N+]c1ccccc1CN1CCCc2cccc(OCc3ccc(CCC(=O)O)cc3)c21. The van der Waals surface area contributed by atoms with Crippen molar-refractivity contribution in [2.24, 2.45) is 0 Å². The van der Waals surface area contributed by atoms with Crippen molar-refractivity contribution in [1.29, 1.82) is 0 Å². The Balaban J connectivity index is 1.50. The van der Waals surface area contributed by atoms with Gasteiger partial charge in [0.15, 0.2) is 5.69 Å². The zero-order valence-electron chi connectivity index (χ0n) is 18.0. The molecular formula is C27H26N2O3. The normalized spacial score (nSPS) is 12.7. The van der Waals surface area contributed by atoms with Crippen LogP contribution in [-0.2, 0) is 30.8 Å². The zero-order chi connectivity index (χ0) is 22.3. The first-order valence-corrected chi connectivity index (χ1v) is 10.9. The monoisotopic (exact) mass is 426 g/mol. The summed E-state index contributed by atoms with van der Waals surface area (Å²) in [5, 5.41) is 8.84. The maximum atomic E-state index is 10.8. The van der Waals surface area contributed by atoms with Gasteiger partial charge < -0.3 is 14.7 Å². The molecule has 5 nitrogen and oxygen atoms in total. The molecule has 0 fully saturated rings. The number of aliphatic carboxylic acids is 1. The maximum Gasteiger partial charge on any atom is 0.303 e. The van der Waals surface area contributed by atoms with E-state index in [9.17, 15) is 4.79 Å². The second-order valence-corrected chi connectivity index (χ2v) is 8.03. The fourth-order valence-electron chi connectivity index (χ4n) is 4.15. The molecule has 162 valence electrons. The number of nitrogens with zero attached hydrogens (tertiary/aromatic N) is 2. The topological polar surface area (TPSA) is 54.1 Å². The molecule has 1 aliphatic rings. The Morgan fingerprint density at radius 2 is 1.81 bits per heavy atom. The molecule has 0 saturated heterocycles. The van der Waals surface area contributed by atoms with Gasteiger partial charge in [-0.3, -0.25) is 4.79 Å². The molecule has 0 saturated carbocycles. The first-order valence-electron chi connectivity index (χ1n) is 10.9. The molecule has 3 aromatic rings. The largest absolute Gasteiger partial charge is 0.487 e. The van der Waals surface area contributed by atoms with Gasteiger partial charge in [0.2, 0.25) is 0 Å². The summed E-state index contributed by atoms with van der Waals surface area (Å²) in [7, 11) is 0. The first-order chi connectivity index (χ1) is 15.6. The molecular weight excluding hydrogens is 400 g/mol. The summed E-state index contributed by atoms with van der Waals surface area (Å²) in [6.45, 7) is 9.53. The van der Waals surface area contributed by atoms with Crippen LogP contribution in [0.3, 0.4) is 0 Å². The number of ether oxygens (including phenoxy) is 1. The molecule has 1 aliphatic heterocycles. The molecule has 32 heavy (non-hydrogen) atoms.